The highest BCUT2D eigenvalue weighted by atomic mass is 15.0. The number of benzene rings is 10. The largest absolute Gasteiger partial charge is 0.232 e. The molecule has 0 saturated heterocycles. The van der Waals surface area contributed by atoms with Crippen molar-refractivity contribution in [2.45, 2.75) is 31.1 Å². The molecule has 3 unspecified atom stereocenters. The number of hydrogen-bond acceptors (Lipinski definition) is 6. The van der Waals surface area contributed by atoms with Crippen LogP contribution in [0, 0.1) is 5.92 Å². The molecule has 12 aromatic rings. The Labute approximate surface area is 522 Å². The number of hydrogen-bond donors (Lipinski definition) is 0. The Morgan fingerprint density at radius 3 is 1.49 bits per heavy atom. The van der Waals surface area contributed by atoms with Gasteiger partial charge in [0.05, 0.1) is 34.2 Å². The maximum atomic E-state index is 5.86. The van der Waals surface area contributed by atoms with Crippen LogP contribution in [0.3, 0.4) is 0 Å². The van der Waals surface area contributed by atoms with Crippen LogP contribution in [0.15, 0.2) is 306 Å². The Kier molecular flexibility index (Phi) is 12.2. The van der Waals surface area contributed by atoms with E-state index in [1.165, 1.54) is 77.2 Å². The van der Waals surface area contributed by atoms with E-state index in [9.17, 15) is 0 Å². The van der Waals surface area contributed by atoms with Gasteiger partial charge in [-0.15, -0.1) is 0 Å². The summed E-state index contributed by atoms with van der Waals surface area (Å²) >= 11 is 0. The molecule has 0 spiro atoms. The standard InChI is InChI=1S/C84H56N6/c1-5-19-51(20-6-1)74-49-75(52-21-7-2-8-22-52)86-82(85-74)56-37-35-55(36-38-56)80-73-48-59(60-43-45-70-63-29-15-13-27-61(63)67-32-17-31-66(60)78(67)70)47-72(65-44-46-71-64-30-16-14-28-62(64)68-33-18-34-69(65)79(68)71)81(73)90-84(89-80)58-41-39-57(40-42-58)83-87-76(53-23-9-3-10-24-53)50-77(88-83)54-25-11-4-12-26-54/h1-25,27-37,39-47,49-50,54,56,73H,26,38,48H2. The zero-order valence-electron chi connectivity index (χ0n) is 49.2. The average Bonchev–Trinajstić information content (AvgIpc) is 1.49. The smallest absolute Gasteiger partial charge is 0.160 e. The number of aromatic nitrogens is 4. The van der Waals surface area contributed by atoms with Crippen LogP contribution in [0.2, 0.25) is 0 Å². The third-order valence-corrected chi connectivity index (χ3v) is 19.1. The summed E-state index contributed by atoms with van der Waals surface area (Å²) < 4.78 is 0. The molecule has 5 aliphatic carbocycles. The number of allylic oxidation sites excluding steroid dienone is 12. The lowest BCUT2D eigenvalue weighted by Gasteiger charge is -2.33. The summed E-state index contributed by atoms with van der Waals surface area (Å²) in [5, 5.41) is 5.07. The number of rotatable bonds is 10. The molecule has 3 atom stereocenters. The number of amidine groups is 1. The molecule has 6 aliphatic rings. The van der Waals surface area contributed by atoms with Gasteiger partial charge in [-0.2, -0.15) is 0 Å². The monoisotopic (exact) mass is 1150 g/mol. The van der Waals surface area contributed by atoms with Crippen LogP contribution in [0.4, 0.5) is 0 Å². The van der Waals surface area contributed by atoms with Crippen molar-refractivity contribution in [2.24, 2.45) is 15.9 Å². The van der Waals surface area contributed by atoms with E-state index in [-0.39, 0.29) is 17.8 Å². The second-order valence-corrected chi connectivity index (χ2v) is 24.2. The molecule has 3 heterocycles. The quantitative estimate of drug-likeness (QED) is 0.137. The predicted molar refractivity (Wildman–Crippen MR) is 370 cm³/mol. The van der Waals surface area contributed by atoms with Crippen molar-refractivity contribution < 1.29 is 0 Å². The van der Waals surface area contributed by atoms with Crippen molar-refractivity contribution in [3.05, 3.63) is 325 Å². The first-order chi connectivity index (χ1) is 44.6. The fourth-order valence-electron chi connectivity index (χ4n) is 14.7. The molecule has 0 bridgehead atoms. The molecule has 18 rings (SSSR count). The van der Waals surface area contributed by atoms with Gasteiger partial charge in [-0.3, -0.25) is 0 Å². The van der Waals surface area contributed by atoms with Crippen molar-refractivity contribution in [2.75, 3.05) is 0 Å². The van der Waals surface area contributed by atoms with Gasteiger partial charge in [-0.1, -0.05) is 267 Å². The van der Waals surface area contributed by atoms with Gasteiger partial charge in [0.1, 0.15) is 5.82 Å². The first kappa shape index (κ1) is 51.8. The lowest BCUT2D eigenvalue weighted by atomic mass is 9.75. The summed E-state index contributed by atoms with van der Waals surface area (Å²) in [6.45, 7) is 0. The molecule has 10 aromatic carbocycles. The van der Waals surface area contributed by atoms with Gasteiger partial charge in [-0.25, -0.2) is 29.9 Å². The molecule has 90 heavy (non-hydrogen) atoms. The van der Waals surface area contributed by atoms with Crippen molar-refractivity contribution in [3.63, 3.8) is 0 Å². The lowest BCUT2D eigenvalue weighted by molar-refractivity contribution is 0.766. The van der Waals surface area contributed by atoms with E-state index in [1.807, 2.05) is 6.07 Å². The van der Waals surface area contributed by atoms with Gasteiger partial charge in [0.25, 0.3) is 0 Å². The van der Waals surface area contributed by atoms with Crippen molar-refractivity contribution in [1.29, 1.82) is 0 Å². The van der Waals surface area contributed by atoms with Gasteiger partial charge >= 0.3 is 0 Å². The topological polar surface area (TPSA) is 76.3 Å². The van der Waals surface area contributed by atoms with E-state index in [1.54, 1.807) is 0 Å². The minimum absolute atomic E-state index is 0.0683. The van der Waals surface area contributed by atoms with E-state index in [0.717, 1.165) is 91.0 Å². The molecule has 6 heteroatoms. The summed E-state index contributed by atoms with van der Waals surface area (Å²) in [7, 11) is 0. The lowest BCUT2D eigenvalue weighted by Crippen LogP contribution is -2.28. The summed E-state index contributed by atoms with van der Waals surface area (Å²) in [5.74, 6) is 2.04. The van der Waals surface area contributed by atoms with Gasteiger partial charge in [-0.05, 0) is 126 Å². The maximum Gasteiger partial charge on any atom is 0.160 e. The van der Waals surface area contributed by atoms with E-state index < -0.39 is 0 Å². The molecule has 6 nitrogen and oxygen atoms in total. The third-order valence-electron chi connectivity index (χ3n) is 19.1. The molecule has 0 saturated carbocycles. The fraction of sp³-hybridized carbons (Fsp3) is 0.0714. The Hall–Kier alpha value is -11.3. The summed E-state index contributed by atoms with van der Waals surface area (Å²) in [4.78, 5) is 32.8. The Bertz CT molecular complexity index is 5140. The van der Waals surface area contributed by atoms with E-state index in [2.05, 4.69) is 279 Å². The third kappa shape index (κ3) is 8.69. The summed E-state index contributed by atoms with van der Waals surface area (Å²) in [5.41, 5.74) is 26.8. The van der Waals surface area contributed by atoms with Gasteiger partial charge < -0.3 is 0 Å². The van der Waals surface area contributed by atoms with Crippen molar-refractivity contribution in [3.8, 4) is 89.7 Å². The van der Waals surface area contributed by atoms with Crippen LogP contribution in [-0.2, 0) is 0 Å². The number of nitrogens with zero attached hydrogens (tertiary/aromatic N) is 6. The number of aliphatic imine (C=N–C) groups is 2. The first-order valence-corrected chi connectivity index (χ1v) is 31.3. The van der Waals surface area contributed by atoms with Gasteiger partial charge in [0.2, 0.25) is 0 Å². The molecule has 2 aromatic heterocycles. The Balaban J connectivity index is 0.816. The minimum atomic E-state index is -0.200. The molecule has 0 radical (unpaired) electrons. The minimum Gasteiger partial charge on any atom is -0.232 e. The van der Waals surface area contributed by atoms with E-state index in [0.29, 0.717) is 24.5 Å². The van der Waals surface area contributed by atoms with Crippen molar-refractivity contribution in [1.82, 2.24) is 19.9 Å². The first-order valence-electron chi connectivity index (χ1n) is 31.3. The SMILES string of the molecule is C1=CCC(c2cc(-c3ccccc3)nc(-c3ccc(C4=NC5=C(c6ccc7c8c(cccc68)-c6ccccc6-7)C=C(c6ccc7c8c(cccc68)-c6ccccc6-7)CC5C(C5=CCC(c6nc(-c7ccccc7)cc(-c7ccccc7)n6)C=C5)=N4)cc3)n2)C=C1. The zero-order valence-corrected chi connectivity index (χ0v) is 49.2. The average molecular weight is 1150 g/mol. The highest BCUT2D eigenvalue weighted by Gasteiger charge is 2.37. The number of fused-ring (bicyclic) bond motifs is 7. The molecule has 422 valence electrons. The van der Waals surface area contributed by atoms with Crippen LogP contribution < -0.4 is 0 Å². The van der Waals surface area contributed by atoms with E-state index in [4.69, 9.17) is 29.9 Å². The van der Waals surface area contributed by atoms with Crippen LogP contribution in [0.1, 0.15) is 59.3 Å². The van der Waals surface area contributed by atoms with Crippen LogP contribution in [-0.4, -0.2) is 31.5 Å². The van der Waals surface area contributed by atoms with Gasteiger partial charge in [0.15, 0.2) is 11.7 Å². The van der Waals surface area contributed by atoms with Crippen LogP contribution >= 0.6 is 0 Å². The highest BCUT2D eigenvalue weighted by Crippen LogP contribution is 2.54. The normalized spacial score (nSPS) is 17.4. The zero-order chi connectivity index (χ0) is 59.2. The van der Waals surface area contributed by atoms with Gasteiger partial charge in [0, 0.05) is 51.1 Å². The molecular weight excluding hydrogens is 1090 g/mol. The summed E-state index contributed by atoms with van der Waals surface area (Å²) in [6, 6.07) is 85.0. The molecule has 1 aliphatic heterocycles. The fourth-order valence-corrected chi connectivity index (χ4v) is 14.7. The summed E-state index contributed by atoms with van der Waals surface area (Å²) in [6.07, 6.45) is 20.4. The van der Waals surface area contributed by atoms with E-state index >= 15 is 0 Å². The van der Waals surface area contributed by atoms with Crippen LogP contribution in [0.25, 0.3) is 122 Å². The predicted octanol–water partition coefficient (Wildman–Crippen LogP) is 20.5. The molecular formula is C84H56N6. The van der Waals surface area contributed by atoms with Crippen molar-refractivity contribution >= 4 is 44.2 Å². The molecule has 0 N–H and O–H groups in total. The Morgan fingerprint density at radius 2 is 0.911 bits per heavy atom. The maximum absolute atomic E-state index is 5.86. The second kappa shape index (κ2) is 21.2. The Morgan fingerprint density at radius 1 is 0.378 bits per heavy atom. The van der Waals surface area contributed by atoms with Crippen LogP contribution in [0.5, 0.6) is 0 Å². The molecule has 0 amide bonds. The highest BCUT2D eigenvalue weighted by molar-refractivity contribution is 6.23. The molecule has 0 fully saturated rings. The second-order valence-electron chi connectivity index (χ2n) is 24.2.